The molecule has 1 aliphatic rings. The predicted octanol–water partition coefficient (Wildman–Crippen LogP) is 0.731. The number of aliphatic hydroxyl groups is 2. The normalized spacial score (nSPS) is 25.7. The summed E-state index contributed by atoms with van der Waals surface area (Å²) < 4.78 is 0. The highest BCUT2D eigenvalue weighted by molar-refractivity contribution is 5.30. The van der Waals surface area contributed by atoms with Gasteiger partial charge in [0, 0.05) is 25.7 Å². The summed E-state index contributed by atoms with van der Waals surface area (Å²) in [7, 11) is 0. The number of nitrogens with zero attached hydrogens (tertiary/aromatic N) is 1. The SMILES string of the molecule is Cc1cc(C)cc(C(N)CCN2CC(O)C(O)C2)c1. The van der Waals surface area contributed by atoms with Gasteiger partial charge in [-0.25, -0.2) is 0 Å². The van der Waals surface area contributed by atoms with Gasteiger partial charge in [-0.3, -0.25) is 4.90 Å². The van der Waals surface area contributed by atoms with Crippen LogP contribution in [0.25, 0.3) is 0 Å². The predicted molar refractivity (Wildman–Crippen MR) is 75.9 cm³/mol. The molecular formula is C15H24N2O2. The molecule has 4 N–H and O–H groups in total. The zero-order chi connectivity index (χ0) is 14.0. The number of likely N-dealkylation sites (tertiary alicyclic amines) is 1. The molecule has 19 heavy (non-hydrogen) atoms. The molecule has 4 nitrogen and oxygen atoms in total. The van der Waals surface area contributed by atoms with E-state index >= 15 is 0 Å². The Bertz CT molecular complexity index is 406. The molecule has 2 rings (SSSR count). The van der Waals surface area contributed by atoms with Gasteiger partial charge in [-0.15, -0.1) is 0 Å². The van der Waals surface area contributed by atoms with Crippen LogP contribution in [-0.4, -0.2) is 47.0 Å². The number of aryl methyl sites for hydroxylation is 2. The van der Waals surface area contributed by atoms with Crippen molar-refractivity contribution in [2.75, 3.05) is 19.6 Å². The van der Waals surface area contributed by atoms with Crippen LogP contribution in [0.3, 0.4) is 0 Å². The van der Waals surface area contributed by atoms with Gasteiger partial charge < -0.3 is 15.9 Å². The second kappa shape index (κ2) is 6.01. The van der Waals surface area contributed by atoms with E-state index in [1.165, 1.54) is 11.1 Å². The van der Waals surface area contributed by atoms with Crippen LogP contribution < -0.4 is 5.73 Å². The Hall–Kier alpha value is -0.940. The van der Waals surface area contributed by atoms with Crippen LogP contribution in [0.5, 0.6) is 0 Å². The summed E-state index contributed by atoms with van der Waals surface area (Å²) >= 11 is 0. The second-order valence-electron chi connectivity index (χ2n) is 5.71. The van der Waals surface area contributed by atoms with Gasteiger partial charge in [-0.2, -0.15) is 0 Å². The van der Waals surface area contributed by atoms with Gasteiger partial charge in [0.1, 0.15) is 0 Å². The standard InChI is InChI=1S/C15H24N2O2/c1-10-5-11(2)7-12(6-10)13(16)3-4-17-8-14(18)15(19)9-17/h5-7,13-15,18-19H,3-4,8-9,16H2,1-2H3. The fraction of sp³-hybridized carbons (Fsp3) is 0.600. The molecule has 0 spiro atoms. The van der Waals surface area contributed by atoms with Crippen molar-refractivity contribution in [3.63, 3.8) is 0 Å². The molecule has 0 bridgehead atoms. The summed E-state index contributed by atoms with van der Waals surface area (Å²) in [6.07, 6.45) is -0.391. The first-order chi connectivity index (χ1) is 8.95. The molecule has 0 saturated carbocycles. The highest BCUT2D eigenvalue weighted by atomic mass is 16.3. The minimum atomic E-state index is -0.613. The number of benzene rings is 1. The maximum absolute atomic E-state index is 9.50. The Balaban J connectivity index is 1.89. The lowest BCUT2D eigenvalue weighted by Crippen LogP contribution is -2.26. The minimum Gasteiger partial charge on any atom is -0.389 e. The third kappa shape index (κ3) is 3.76. The smallest absolute Gasteiger partial charge is 0.0938 e. The van der Waals surface area contributed by atoms with Crippen LogP contribution in [0.2, 0.25) is 0 Å². The Morgan fingerprint density at radius 1 is 1.16 bits per heavy atom. The van der Waals surface area contributed by atoms with Crippen LogP contribution in [0.1, 0.15) is 29.2 Å². The molecule has 0 aliphatic carbocycles. The van der Waals surface area contributed by atoms with Gasteiger partial charge in [0.25, 0.3) is 0 Å². The molecular weight excluding hydrogens is 240 g/mol. The summed E-state index contributed by atoms with van der Waals surface area (Å²) in [5, 5.41) is 19.0. The van der Waals surface area contributed by atoms with Crippen molar-refractivity contribution in [1.82, 2.24) is 4.90 Å². The first-order valence-corrected chi connectivity index (χ1v) is 6.88. The van der Waals surface area contributed by atoms with Gasteiger partial charge in [0.15, 0.2) is 0 Å². The molecule has 0 aromatic heterocycles. The van der Waals surface area contributed by atoms with E-state index in [2.05, 4.69) is 36.9 Å². The van der Waals surface area contributed by atoms with Gasteiger partial charge in [0.2, 0.25) is 0 Å². The number of hydrogen-bond acceptors (Lipinski definition) is 4. The molecule has 1 aromatic carbocycles. The van der Waals surface area contributed by atoms with E-state index in [1.807, 2.05) is 0 Å². The van der Waals surface area contributed by atoms with E-state index in [-0.39, 0.29) is 6.04 Å². The first kappa shape index (κ1) is 14.5. The van der Waals surface area contributed by atoms with Gasteiger partial charge in [-0.1, -0.05) is 29.3 Å². The highest BCUT2D eigenvalue weighted by Crippen LogP contribution is 2.19. The summed E-state index contributed by atoms with van der Waals surface area (Å²) in [6, 6.07) is 6.41. The van der Waals surface area contributed by atoms with E-state index in [0.29, 0.717) is 13.1 Å². The van der Waals surface area contributed by atoms with Crippen LogP contribution in [-0.2, 0) is 0 Å². The fourth-order valence-electron chi connectivity index (χ4n) is 2.74. The summed E-state index contributed by atoms with van der Waals surface area (Å²) in [4.78, 5) is 2.07. The molecule has 3 atom stereocenters. The van der Waals surface area contributed by atoms with Crippen molar-refractivity contribution < 1.29 is 10.2 Å². The lowest BCUT2D eigenvalue weighted by atomic mass is 10.00. The third-order valence-corrected chi connectivity index (χ3v) is 3.76. The number of hydrogen-bond donors (Lipinski definition) is 3. The van der Waals surface area contributed by atoms with Crippen LogP contribution in [0.4, 0.5) is 0 Å². The molecule has 4 heteroatoms. The monoisotopic (exact) mass is 264 g/mol. The molecule has 0 amide bonds. The molecule has 1 heterocycles. The minimum absolute atomic E-state index is 0.00786. The molecule has 3 unspecified atom stereocenters. The third-order valence-electron chi connectivity index (χ3n) is 3.76. The molecule has 1 fully saturated rings. The quantitative estimate of drug-likeness (QED) is 0.750. The van der Waals surface area contributed by atoms with Crippen molar-refractivity contribution in [3.8, 4) is 0 Å². The second-order valence-corrected chi connectivity index (χ2v) is 5.71. The lowest BCUT2D eigenvalue weighted by Gasteiger charge is -2.19. The summed E-state index contributed by atoms with van der Waals surface area (Å²) in [5.74, 6) is 0. The zero-order valence-corrected chi connectivity index (χ0v) is 11.7. The largest absolute Gasteiger partial charge is 0.389 e. The number of β-amino-alcohol motifs (C(OH)–C–C–N with tert-alkyl or cyclic N) is 2. The zero-order valence-electron chi connectivity index (χ0n) is 11.7. The van der Waals surface area contributed by atoms with Gasteiger partial charge >= 0.3 is 0 Å². The maximum atomic E-state index is 9.50. The van der Waals surface area contributed by atoms with Gasteiger partial charge in [-0.05, 0) is 25.8 Å². The Labute approximate surface area is 114 Å². The van der Waals surface area contributed by atoms with E-state index in [1.54, 1.807) is 0 Å². The number of rotatable bonds is 4. The van der Waals surface area contributed by atoms with Crippen LogP contribution in [0, 0.1) is 13.8 Å². The Morgan fingerprint density at radius 2 is 1.68 bits per heavy atom. The average Bonchev–Trinajstić information content (AvgIpc) is 2.64. The van der Waals surface area contributed by atoms with Crippen molar-refractivity contribution in [3.05, 3.63) is 34.9 Å². The topological polar surface area (TPSA) is 69.7 Å². The Morgan fingerprint density at radius 3 is 2.21 bits per heavy atom. The van der Waals surface area contributed by atoms with E-state index in [0.717, 1.165) is 18.5 Å². The summed E-state index contributed by atoms with van der Waals surface area (Å²) in [6.45, 7) is 6.05. The van der Waals surface area contributed by atoms with E-state index in [4.69, 9.17) is 5.73 Å². The number of nitrogens with two attached hydrogens (primary N) is 1. The summed E-state index contributed by atoms with van der Waals surface area (Å²) in [5.41, 5.74) is 9.86. The maximum Gasteiger partial charge on any atom is 0.0938 e. The lowest BCUT2D eigenvalue weighted by molar-refractivity contribution is 0.0572. The highest BCUT2D eigenvalue weighted by Gasteiger charge is 2.29. The van der Waals surface area contributed by atoms with Crippen LogP contribution >= 0.6 is 0 Å². The number of aliphatic hydroxyl groups excluding tert-OH is 2. The van der Waals surface area contributed by atoms with Crippen molar-refractivity contribution >= 4 is 0 Å². The molecule has 0 radical (unpaired) electrons. The Kier molecular flexibility index (Phi) is 4.58. The molecule has 1 saturated heterocycles. The van der Waals surface area contributed by atoms with E-state index < -0.39 is 12.2 Å². The first-order valence-electron chi connectivity index (χ1n) is 6.88. The molecule has 106 valence electrons. The van der Waals surface area contributed by atoms with Crippen molar-refractivity contribution in [2.45, 2.75) is 38.5 Å². The van der Waals surface area contributed by atoms with Crippen molar-refractivity contribution in [2.24, 2.45) is 5.73 Å². The molecule has 1 aliphatic heterocycles. The molecule has 1 aromatic rings. The van der Waals surface area contributed by atoms with Crippen LogP contribution in [0.15, 0.2) is 18.2 Å². The van der Waals surface area contributed by atoms with E-state index in [9.17, 15) is 10.2 Å². The average molecular weight is 264 g/mol. The van der Waals surface area contributed by atoms with Crippen molar-refractivity contribution in [1.29, 1.82) is 0 Å². The van der Waals surface area contributed by atoms with Gasteiger partial charge in [0.05, 0.1) is 12.2 Å². The fourth-order valence-corrected chi connectivity index (χ4v) is 2.74.